The van der Waals surface area contributed by atoms with Crippen molar-refractivity contribution in [1.82, 2.24) is 14.5 Å². The van der Waals surface area contributed by atoms with E-state index in [4.69, 9.17) is 16.6 Å². The molecular formula is C15H21BrClN3. The molecule has 0 radical (unpaired) electrons. The number of aromatic nitrogens is 3. The van der Waals surface area contributed by atoms with Crippen molar-refractivity contribution in [2.45, 2.75) is 46.1 Å². The highest BCUT2D eigenvalue weighted by Gasteiger charge is 2.22. The van der Waals surface area contributed by atoms with Gasteiger partial charge in [0.15, 0.2) is 5.65 Å². The van der Waals surface area contributed by atoms with Crippen LogP contribution in [0.4, 0.5) is 0 Å². The Morgan fingerprint density at radius 3 is 2.65 bits per heavy atom. The third-order valence-corrected chi connectivity index (χ3v) is 4.65. The van der Waals surface area contributed by atoms with Crippen molar-refractivity contribution in [3.63, 3.8) is 0 Å². The Morgan fingerprint density at radius 1 is 1.35 bits per heavy atom. The van der Waals surface area contributed by atoms with Crippen molar-refractivity contribution in [2.75, 3.05) is 5.88 Å². The predicted molar refractivity (Wildman–Crippen MR) is 88.4 cm³/mol. The zero-order valence-corrected chi connectivity index (χ0v) is 14.6. The first-order chi connectivity index (χ1) is 9.62. The molecule has 2 heterocycles. The molecule has 0 aliphatic rings. The number of hydrogen-bond acceptors (Lipinski definition) is 2. The van der Waals surface area contributed by atoms with Crippen molar-refractivity contribution in [3.8, 4) is 0 Å². The van der Waals surface area contributed by atoms with Crippen LogP contribution in [0.15, 0.2) is 16.7 Å². The summed E-state index contributed by atoms with van der Waals surface area (Å²) in [5.74, 6) is 2.26. The Balaban J connectivity index is 2.55. The number of alkyl halides is 1. The number of rotatable bonds is 6. The van der Waals surface area contributed by atoms with Crippen molar-refractivity contribution in [1.29, 1.82) is 0 Å². The minimum atomic E-state index is 0.391. The molecule has 1 unspecified atom stereocenters. The lowest BCUT2D eigenvalue weighted by molar-refractivity contribution is 0.332. The Morgan fingerprint density at radius 2 is 2.05 bits per heavy atom. The summed E-state index contributed by atoms with van der Waals surface area (Å²) in [4.78, 5) is 9.29. The molecule has 0 spiro atoms. The van der Waals surface area contributed by atoms with Gasteiger partial charge in [0.25, 0.3) is 0 Å². The molecule has 2 aromatic rings. The molecule has 20 heavy (non-hydrogen) atoms. The van der Waals surface area contributed by atoms with E-state index in [2.05, 4.69) is 46.3 Å². The smallest absolute Gasteiger partial charge is 0.160 e. The number of nitrogens with zero attached hydrogens (tertiary/aromatic N) is 3. The van der Waals surface area contributed by atoms with Gasteiger partial charge in [-0.2, -0.15) is 0 Å². The Kier molecular flexibility index (Phi) is 5.44. The number of hydrogen-bond donors (Lipinski definition) is 0. The molecule has 0 aliphatic heterocycles. The molecule has 0 N–H and O–H groups in total. The standard InChI is InChI=1S/C15H21BrClN3/c1-4-11(5-2)10(3)20-14(6-7-17)19-13-8-12(16)9-18-15(13)20/h8-11H,4-7H2,1-3H3. The van der Waals surface area contributed by atoms with E-state index in [0.717, 1.165) is 40.7 Å². The molecule has 1 atom stereocenters. The summed E-state index contributed by atoms with van der Waals surface area (Å²) in [5.41, 5.74) is 1.91. The fourth-order valence-electron chi connectivity index (χ4n) is 2.87. The van der Waals surface area contributed by atoms with Crippen molar-refractivity contribution >= 4 is 38.7 Å². The van der Waals surface area contributed by atoms with Gasteiger partial charge in [-0.1, -0.05) is 26.7 Å². The van der Waals surface area contributed by atoms with E-state index >= 15 is 0 Å². The first-order valence-corrected chi connectivity index (χ1v) is 8.53. The highest BCUT2D eigenvalue weighted by Crippen LogP contribution is 2.30. The maximum atomic E-state index is 5.94. The predicted octanol–water partition coefficient (Wildman–Crippen LogP) is 4.97. The van der Waals surface area contributed by atoms with Gasteiger partial charge in [0.05, 0.1) is 0 Å². The van der Waals surface area contributed by atoms with Crippen molar-refractivity contribution in [3.05, 3.63) is 22.6 Å². The van der Waals surface area contributed by atoms with Crippen molar-refractivity contribution < 1.29 is 0 Å². The lowest BCUT2D eigenvalue weighted by Gasteiger charge is -2.24. The van der Waals surface area contributed by atoms with Crippen LogP contribution in [-0.2, 0) is 6.42 Å². The highest BCUT2D eigenvalue weighted by atomic mass is 79.9. The van der Waals surface area contributed by atoms with Crippen LogP contribution in [0.1, 0.15) is 45.5 Å². The first kappa shape index (κ1) is 15.8. The third kappa shape index (κ3) is 3.01. The third-order valence-electron chi connectivity index (χ3n) is 4.03. The summed E-state index contributed by atoms with van der Waals surface area (Å²) in [7, 11) is 0. The van der Waals surface area contributed by atoms with E-state index in [9.17, 15) is 0 Å². The fraction of sp³-hybridized carbons (Fsp3) is 0.600. The summed E-state index contributed by atoms with van der Waals surface area (Å²) in [6.45, 7) is 6.75. The Hall–Kier alpha value is -0.610. The molecule has 0 fully saturated rings. The number of fused-ring (bicyclic) bond motifs is 1. The molecule has 110 valence electrons. The van der Waals surface area contributed by atoms with E-state index in [1.807, 2.05) is 12.3 Å². The minimum Gasteiger partial charge on any atom is -0.310 e. The molecule has 3 nitrogen and oxygen atoms in total. The first-order valence-electron chi connectivity index (χ1n) is 7.20. The molecule has 0 aliphatic carbocycles. The van der Waals surface area contributed by atoms with Gasteiger partial charge >= 0.3 is 0 Å². The molecular weight excluding hydrogens is 338 g/mol. The molecule has 0 saturated heterocycles. The summed E-state index contributed by atoms with van der Waals surface area (Å²) in [5, 5.41) is 0. The normalized spacial score (nSPS) is 13.3. The second kappa shape index (κ2) is 6.90. The molecule has 2 aromatic heterocycles. The monoisotopic (exact) mass is 357 g/mol. The van der Waals surface area contributed by atoms with Crippen LogP contribution < -0.4 is 0 Å². The number of imidazole rings is 1. The van der Waals surface area contributed by atoms with Gasteiger partial charge in [0.2, 0.25) is 0 Å². The number of aryl methyl sites for hydroxylation is 1. The lowest BCUT2D eigenvalue weighted by atomic mass is 9.95. The number of halogens is 2. The zero-order chi connectivity index (χ0) is 14.7. The largest absolute Gasteiger partial charge is 0.310 e. The topological polar surface area (TPSA) is 30.7 Å². The van der Waals surface area contributed by atoms with E-state index < -0.39 is 0 Å². The minimum absolute atomic E-state index is 0.391. The molecule has 5 heteroatoms. The zero-order valence-electron chi connectivity index (χ0n) is 12.2. The van der Waals surface area contributed by atoms with E-state index in [-0.39, 0.29) is 0 Å². The average Bonchev–Trinajstić information content (AvgIpc) is 2.77. The Labute approximate surface area is 133 Å². The van der Waals surface area contributed by atoms with Crippen LogP contribution >= 0.6 is 27.5 Å². The maximum Gasteiger partial charge on any atom is 0.160 e. The van der Waals surface area contributed by atoms with Crippen LogP contribution in [0.5, 0.6) is 0 Å². The quantitative estimate of drug-likeness (QED) is 0.682. The Bertz CT molecular complexity index is 578. The molecule has 0 aromatic carbocycles. The fourth-order valence-corrected chi connectivity index (χ4v) is 3.36. The molecule has 0 amide bonds. The lowest BCUT2D eigenvalue weighted by Crippen LogP contribution is -2.18. The van der Waals surface area contributed by atoms with Gasteiger partial charge in [0, 0.05) is 29.0 Å². The van der Waals surface area contributed by atoms with E-state index in [0.29, 0.717) is 17.8 Å². The summed E-state index contributed by atoms with van der Waals surface area (Å²) < 4.78 is 3.24. The van der Waals surface area contributed by atoms with Crippen molar-refractivity contribution in [2.24, 2.45) is 5.92 Å². The van der Waals surface area contributed by atoms with Crippen LogP contribution in [-0.4, -0.2) is 20.4 Å². The van der Waals surface area contributed by atoms with Crippen LogP contribution in [0.2, 0.25) is 0 Å². The van der Waals surface area contributed by atoms with Gasteiger partial charge in [-0.15, -0.1) is 11.6 Å². The average molecular weight is 359 g/mol. The van der Waals surface area contributed by atoms with Gasteiger partial charge in [0.1, 0.15) is 11.3 Å². The summed E-state index contributed by atoms with van der Waals surface area (Å²) in [6, 6.07) is 2.41. The van der Waals surface area contributed by atoms with Gasteiger partial charge in [-0.05, 0) is 34.8 Å². The van der Waals surface area contributed by atoms with E-state index in [1.54, 1.807) is 0 Å². The number of pyridine rings is 1. The maximum absolute atomic E-state index is 5.94. The molecule has 0 bridgehead atoms. The summed E-state index contributed by atoms with van der Waals surface area (Å²) >= 11 is 9.40. The molecule has 0 saturated carbocycles. The van der Waals surface area contributed by atoms with Crippen LogP contribution in [0.25, 0.3) is 11.2 Å². The van der Waals surface area contributed by atoms with Gasteiger partial charge in [-0.25, -0.2) is 9.97 Å². The summed E-state index contributed by atoms with van der Waals surface area (Å²) in [6.07, 6.45) is 4.94. The van der Waals surface area contributed by atoms with Gasteiger partial charge < -0.3 is 4.57 Å². The van der Waals surface area contributed by atoms with Crippen LogP contribution in [0, 0.1) is 5.92 Å². The molecule has 2 rings (SSSR count). The second-order valence-corrected chi connectivity index (χ2v) is 6.44. The van der Waals surface area contributed by atoms with Crippen LogP contribution in [0.3, 0.4) is 0 Å². The SMILES string of the molecule is CCC(CC)C(C)n1c(CCCl)nc2cc(Br)cnc21. The second-order valence-electron chi connectivity index (χ2n) is 5.15. The highest BCUT2D eigenvalue weighted by molar-refractivity contribution is 9.10. The van der Waals surface area contributed by atoms with E-state index in [1.165, 1.54) is 0 Å². The van der Waals surface area contributed by atoms with Gasteiger partial charge in [-0.3, -0.25) is 0 Å².